The van der Waals surface area contributed by atoms with E-state index in [2.05, 4.69) is 62.3 Å². The summed E-state index contributed by atoms with van der Waals surface area (Å²) >= 11 is 0. The van der Waals surface area contributed by atoms with Crippen molar-refractivity contribution in [2.45, 2.75) is 53.6 Å². The molecular formula is C17H25N3O. The van der Waals surface area contributed by atoms with Gasteiger partial charge in [-0.1, -0.05) is 45.0 Å². The van der Waals surface area contributed by atoms with Crippen molar-refractivity contribution < 1.29 is 4.42 Å². The first-order valence-corrected chi connectivity index (χ1v) is 7.45. The van der Waals surface area contributed by atoms with Crippen molar-refractivity contribution in [1.82, 2.24) is 15.5 Å². The highest BCUT2D eigenvalue weighted by molar-refractivity contribution is 5.27. The highest BCUT2D eigenvalue weighted by Gasteiger charge is 2.20. The second kappa shape index (κ2) is 6.39. The Labute approximate surface area is 127 Å². The van der Waals surface area contributed by atoms with Crippen LogP contribution < -0.4 is 5.32 Å². The zero-order valence-electron chi connectivity index (χ0n) is 13.6. The van der Waals surface area contributed by atoms with E-state index in [1.165, 1.54) is 11.1 Å². The zero-order chi connectivity index (χ0) is 15.5. The first-order chi connectivity index (χ1) is 9.86. The molecule has 1 N–H and O–H groups in total. The minimum absolute atomic E-state index is 0.212. The van der Waals surface area contributed by atoms with E-state index in [0.29, 0.717) is 30.8 Å². The van der Waals surface area contributed by atoms with E-state index in [4.69, 9.17) is 4.42 Å². The summed E-state index contributed by atoms with van der Waals surface area (Å²) < 4.78 is 5.72. The maximum atomic E-state index is 5.72. The van der Waals surface area contributed by atoms with Crippen LogP contribution in [0.2, 0.25) is 0 Å². The Morgan fingerprint density at radius 1 is 1.14 bits per heavy atom. The molecule has 4 heteroatoms. The van der Waals surface area contributed by atoms with E-state index in [1.807, 2.05) is 12.1 Å². The average Bonchev–Trinajstić information content (AvgIpc) is 2.85. The van der Waals surface area contributed by atoms with Crippen molar-refractivity contribution in [1.29, 1.82) is 0 Å². The Kier molecular flexibility index (Phi) is 4.78. The highest BCUT2D eigenvalue weighted by Crippen LogP contribution is 2.19. The Balaban J connectivity index is 1.95. The van der Waals surface area contributed by atoms with Gasteiger partial charge in [0.15, 0.2) is 0 Å². The molecule has 0 saturated carbocycles. The quantitative estimate of drug-likeness (QED) is 0.914. The second-order valence-corrected chi connectivity index (χ2v) is 6.66. The Morgan fingerprint density at radius 2 is 1.81 bits per heavy atom. The van der Waals surface area contributed by atoms with Crippen LogP contribution >= 0.6 is 0 Å². The number of benzene rings is 1. The van der Waals surface area contributed by atoms with Crippen LogP contribution in [0.15, 0.2) is 28.7 Å². The number of nitrogens with zero attached hydrogens (tertiary/aromatic N) is 2. The number of hydrogen-bond donors (Lipinski definition) is 1. The van der Waals surface area contributed by atoms with Crippen molar-refractivity contribution >= 4 is 0 Å². The van der Waals surface area contributed by atoms with Gasteiger partial charge in [0.05, 0.1) is 13.0 Å². The fraction of sp³-hybridized carbons (Fsp3) is 0.529. The molecule has 2 rings (SSSR count). The van der Waals surface area contributed by atoms with E-state index in [-0.39, 0.29) is 5.41 Å². The molecule has 0 aliphatic carbocycles. The van der Waals surface area contributed by atoms with Crippen LogP contribution in [0.25, 0.3) is 0 Å². The molecule has 0 radical (unpaired) electrons. The molecule has 1 aromatic carbocycles. The van der Waals surface area contributed by atoms with Gasteiger partial charge in [-0.05, 0) is 30.4 Å². The highest BCUT2D eigenvalue weighted by atomic mass is 16.4. The largest absolute Gasteiger partial charge is 0.424 e. The van der Waals surface area contributed by atoms with Gasteiger partial charge < -0.3 is 9.73 Å². The van der Waals surface area contributed by atoms with Crippen LogP contribution in [0.4, 0.5) is 0 Å². The predicted octanol–water partition coefficient (Wildman–Crippen LogP) is 3.49. The molecule has 0 aliphatic heterocycles. The van der Waals surface area contributed by atoms with E-state index in [9.17, 15) is 0 Å². The van der Waals surface area contributed by atoms with Gasteiger partial charge in [0.2, 0.25) is 11.8 Å². The Morgan fingerprint density at radius 3 is 2.48 bits per heavy atom. The molecular weight excluding hydrogens is 262 g/mol. The van der Waals surface area contributed by atoms with Gasteiger partial charge in [-0.2, -0.15) is 0 Å². The topological polar surface area (TPSA) is 51.0 Å². The summed E-state index contributed by atoms with van der Waals surface area (Å²) in [6.45, 7) is 11.5. The van der Waals surface area contributed by atoms with Gasteiger partial charge >= 0.3 is 0 Å². The van der Waals surface area contributed by atoms with Gasteiger partial charge in [0.1, 0.15) is 0 Å². The third-order valence-corrected chi connectivity index (χ3v) is 3.97. The molecule has 0 aliphatic rings. The molecule has 4 nitrogen and oxygen atoms in total. The van der Waals surface area contributed by atoms with Crippen LogP contribution in [-0.2, 0) is 13.0 Å². The van der Waals surface area contributed by atoms with Crippen LogP contribution in [0.5, 0.6) is 0 Å². The Bertz CT molecular complexity index is 584. The number of hydrogen-bond acceptors (Lipinski definition) is 4. The molecule has 21 heavy (non-hydrogen) atoms. The average molecular weight is 287 g/mol. The third-order valence-electron chi connectivity index (χ3n) is 3.97. The fourth-order valence-electron chi connectivity index (χ4n) is 1.95. The number of aryl methyl sites for hydroxylation is 1. The maximum absolute atomic E-state index is 5.72. The fourth-order valence-corrected chi connectivity index (χ4v) is 1.95. The standard InChI is InChI=1S/C17H25N3O/c1-12-8-6-7-9-14(12)10-15-19-20-16(21-15)11-18-13(2)17(3,4)5/h6-9,13,18H,10-11H2,1-5H3. The first-order valence-electron chi connectivity index (χ1n) is 7.45. The molecule has 1 aromatic heterocycles. The lowest BCUT2D eigenvalue weighted by Gasteiger charge is -2.27. The van der Waals surface area contributed by atoms with Gasteiger partial charge in [0, 0.05) is 6.04 Å². The molecule has 2 aromatic rings. The van der Waals surface area contributed by atoms with Crippen LogP contribution in [0.3, 0.4) is 0 Å². The van der Waals surface area contributed by atoms with Crippen molar-refractivity contribution in [2.75, 3.05) is 0 Å². The van der Waals surface area contributed by atoms with Crippen LogP contribution in [-0.4, -0.2) is 16.2 Å². The zero-order valence-corrected chi connectivity index (χ0v) is 13.6. The van der Waals surface area contributed by atoms with Gasteiger partial charge in [-0.25, -0.2) is 0 Å². The normalized spacial score (nSPS) is 13.4. The van der Waals surface area contributed by atoms with Gasteiger partial charge in [0.25, 0.3) is 0 Å². The molecule has 1 unspecified atom stereocenters. The summed E-state index contributed by atoms with van der Waals surface area (Å²) in [5, 5.41) is 11.7. The summed E-state index contributed by atoms with van der Waals surface area (Å²) in [6.07, 6.45) is 0.689. The molecule has 0 amide bonds. The molecule has 0 fully saturated rings. The van der Waals surface area contributed by atoms with E-state index in [1.54, 1.807) is 0 Å². The van der Waals surface area contributed by atoms with Crippen LogP contribution in [0, 0.1) is 12.3 Å². The van der Waals surface area contributed by atoms with Gasteiger partial charge in [-0.3, -0.25) is 0 Å². The van der Waals surface area contributed by atoms with Crippen molar-refractivity contribution in [3.05, 3.63) is 47.2 Å². The summed E-state index contributed by atoms with van der Waals surface area (Å²) in [7, 11) is 0. The van der Waals surface area contributed by atoms with Crippen molar-refractivity contribution in [3.63, 3.8) is 0 Å². The van der Waals surface area contributed by atoms with E-state index >= 15 is 0 Å². The van der Waals surface area contributed by atoms with Crippen molar-refractivity contribution in [3.8, 4) is 0 Å². The molecule has 0 bridgehead atoms. The van der Waals surface area contributed by atoms with Gasteiger partial charge in [-0.15, -0.1) is 10.2 Å². The third kappa shape index (κ3) is 4.39. The Hall–Kier alpha value is -1.68. The predicted molar refractivity (Wildman–Crippen MR) is 84.0 cm³/mol. The summed E-state index contributed by atoms with van der Waals surface area (Å²) in [4.78, 5) is 0. The monoisotopic (exact) mass is 287 g/mol. The lowest BCUT2D eigenvalue weighted by molar-refractivity contribution is 0.275. The van der Waals surface area contributed by atoms with Crippen molar-refractivity contribution in [2.24, 2.45) is 5.41 Å². The molecule has 0 spiro atoms. The molecule has 1 heterocycles. The number of nitrogens with one attached hydrogen (secondary N) is 1. The smallest absolute Gasteiger partial charge is 0.230 e. The first kappa shape index (κ1) is 15.7. The summed E-state index contributed by atoms with van der Waals surface area (Å²) in [6, 6.07) is 8.64. The molecule has 0 saturated heterocycles. The molecule has 1 atom stereocenters. The maximum Gasteiger partial charge on any atom is 0.230 e. The van der Waals surface area contributed by atoms with E-state index in [0.717, 1.165) is 0 Å². The summed E-state index contributed by atoms with van der Waals surface area (Å²) in [5.74, 6) is 1.32. The SMILES string of the molecule is Cc1ccccc1Cc1nnc(CNC(C)C(C)(C)C)o1. The minimum Gasteiger partial charge on any atom is -0.424 e. The molecule has 114 valence electrons. The lowest BCUT2D eigenvalue weighted by atomic mass is 9.88. The number of aromatic nitrogens is 2. The lowest BCUT2D eigenvalue weighted by Crippen LogP contribution is -2.37. The summed E-state index contributed by atoms with van der Waals surface area (Å²) in [5.41, 5.74) is 2.68. The van der Waals surface area contributed by atoms with E-state index < -0.39 is 0 Å². The van der Waals surface area contributed by atoms with Crippen LogP contribution in [0.1, 0.15) is 50.6 Å². The number of rotatable bonds is 5. The minimum atomic E-state index is 0.212. The second-order valence-electron chi connectivity index (χ2n) is 6.66.